The van der Waals surface area contributed by atoms with Crippen LogP contribution in [0.2, 0.25) is 0 Å². The second kappa shape index (κ2) is 4.31. The van der Waals surface area contributed by atoms with E-state index in [1.54, 1.807) is 0 Å². The largest absolute Gasteiger partial charge is 0.308 e. The van der Waals surface area contributed by atoms with Gasteiger partial charge in [0.1, 0.15) is 6.17 Å². The van der Waals surface area contributed by atoms with Gasteiger partial charge in [-0.15, -0.1) is 0 Å². The molecule has 1 saturated carbocycles. The van der Waals surface area contributed by atoms with E-state index in [-0.39, 0.29) is 0 Å². The minimum atomic E-state index is -0.602. The standard InChI is InChI=1S/C11H18FN3/c1-8-6-14-15(2)11(8)7-13-10-4-3-9(12)5-10/h6,9-10,13H,3-5,7H2,1-2H3/t9-,10+/m0/s1. The van der Waals surface area contributed by atoms with Crippen LogP contribution in [0.3, 0.4) is 0 Å². The molecule has 0 unspecified atom stereocenters. The molecule has 0 saturated heterocycles. The summed E-state index contributed by atoms with van der Waals surface area (Å²) in [6, 6.07) is 0.342. The second-order valence-corrected chi connectivity index (χ2v) is 4.39. The fourth-order valence-electron chi connectivity index (χ4n) is 2.18. The molecule has 1 heterocycles. The van der Waals surface area contributed by atoms with Gasteiger partial charge in [0.15, 0.2) is 0 Å². The molecule has 3 nitrogen and oxygen atoms in total. The summed E-state index contributed by atoms with van der Waals surface area (Å²) in [5, 5.41) is 7.57. The third-order valence-corrected chi connectivity index (χ3v) is 3.20. The normalized spacial score (nSPS) is 26.1. The van der Waals surface area contributed by atoms with Crippen molar-refractivity contribution in [2.24, 2.45) is 7.05 Å². The van der Waals surface area contributed by atoms with Crippen LogP contribution in [0.4, 0.5) is 4.39 Å². The molecule has 84 valence electrons. The van der Waals surface area contributed by atoms with E-state index in [0.29, 0.717) is 18.9 Å². The summed E-state index contributed by atoms with van der Waals surface area (Å²) in [7, 11) is 1.94. The maximum Gasteiger partial charge on any atom is 0.102 e. The summed E-state index contributed by atoms with van der Waals surface area (Å²) in [6.45, 7) is 2.84. The van der Waals surface area contributed by atoms with E-state index in [2.05, 4.69) is 17.3 Å². The molecule has 0 radical (unpaired) electrons. The van der Waals surface area contributed by atoms with Gasteiger partial charge < -0.3 is 5.32 Å². The summed E-state index contributed by atoms with van der Waals surface area (Å²) in [5.74, 6) is 0. The Morgan fingerprint density at radius 1 is 1.60 bits per heavy atom. The van der Waals surface area contributed by atoms with Gasteiger partial charge >= 0.3 is 0 Å². The molecule has 1 aromatic heterocycles. The molecule has 2 rings (SSSR count). The van der Waals surface area contributed by atoms with Gasteiger partial charge in [-0.1, -0.05) is 0 Å². The molecule has 0 amide bonds. The van der Waals surface area contributed by atoms with E-state index >= 15 is 0 Å². The van der Waals surface area contributed by atoms with Gasteiger partial charge in [0.2, 0.25) is 0 Å². The van der Waals surface area contributed by atoms with Gasteiger partial charge in [-0.25, -0.2) is 4.39 Å². The number of rotatable bonds is 3. The van der Waals surface area contributed by atoms with Crippen molar-refractivity contribution in [2.45, 2.75) is 44.9 Å². The number of aromatic nitrogens is 2. The molecular weight excluding hydrogens is 193 g/mol. The van der Waals surface area contributed by atoms with E-state index in [1.807, 2.05) is 17.9 Å². The van der Waals surface area contributed by atoms with Crippen molar-refractivity contribution < 1.29 is 4.39 Å². The van der Waals surface area contributed by atoms with Crippen molar-refractivity contribution in [1.29, 1.82) is 0 Å². The molecule has 0 bridgehead atoms. The Hall–Kier alpha value is -0.900. The summed E-state index contributed by atoms with van der Waals surface area (Å²) < 4.78 is 14.8. The third-order valence-electron chi connectivity index (χ3n) is 3.20. The zero-order chi connectivity index (χ0) is 10.8. The van der Waals surface area contributed by atoms with E-state index in [9.17, 15) is 4.39 Å². The lowest BCUT2D eigenvalue weighted by atomic mass is 10.2. The molecule has 0 spiro atoms. The number of aryl methyl sites for hydroxylation is 2. The van der Waals surface area contributed by atoms with E-state index in [0.717, 1.165) is 13.0 Å². The Bertz CT molecular complexity index is 315. The number of nitrogens with one attached hydrogen (secondary N) is 1. The first-order valence-electron chi connectivity index (χ1n) is 5.51. The summed E-state index contributed by atoms with van der Waals surface area (Å²) in [5.41, 5.74) is 2.39. The predicted molar refractivity (Wildman–Crippen MR) is 57.3 cm³/mol. The van der Waals surface area contributed by atoms with Crippen LogP contribution < -0.4 is 5.32 Å². The Balaban J connectivity index is 1.88. The topological polar surface area (TPSA) is 29.9 Å². The Morgan fingerprint density at radius 3 is 2.93 bits per heavy atom. The molecule has 0 aliphatic heterocycles. The van der Waals surface area contributed by atoms with Crippen LogP contribution in [-0.2, 0) is 13.6 Å². The average Bonchev–Trinajstić information content (AvgIpc) is 2.73. The van der Waals surface area contributed by atoms with E-state index in [1.165, 1.54) is 11.3 Å². The molecule has 15 heavy (non-hydrogen) atoms. The highest BCUT2D eigenvalue weighted by atomic mass is 19.1. The van der Waals surface area contributed by atoms with Crippen LogP contribution >= 0.6 is 0 Å². The molecule has 1 aliphatic carbocycles. The molecule has 1 N–H and O–H groups in total. The Kier molecular flexibility index (Phi) is 3.05. The second-order valence-electron chi connectivity index (χ2n) is 4.39. The lowest BCUT2D eigenvalue weighted by molar-refractivity contribution is 0.333. The SMILES string of the molecule is Cc1cnn(C)c1CN[C@@H]1CC[C@H](F)C1. The lowest BCUT2D eigenvalue weighted by Gasteiger charge is -2.12. The lowest BCUT2D eigenvalue weighted by Crippen LogP contribution is -2.27. The van der Waals surface area contributed by atoms with E-state index in [4.69, 9.17) is 0 Å². The highest BCUT2D eigenvalue weighted by Gasteiger charge is 2.23. The first-order chi connectivity index (χ1) is 7.16. The minimum Gasteiger partial charge on any atom is -0.308 e. The zero-order valence-corrected chi connectivity index (χ0v) is 9.33. The first-order valence-corrected chi connectivity index (χ1v) is 5.51. The quantitative estimate of drug-likeness (QED) is 0.825. The van der Waals surface area contributed by atoms with E-state index < -0.39 is 6.17 Å². The zero-order valence-electron chi connectivity index (χ0n) is 9.33. The number of hydrogen-bond acceptors (Lipinski definition) is 2. The highest BCUT2D eigenvalue weighted by Crippen LogP contribution is 2.22. The predicted octanol–water partition coefficient (Wildman–Crippen LogP) is 1.71. The van der Waals surface area contributed by atoms with Gasteiger partial charge in [0.25, 0.3) is 0 Å². The number of halogens is 1. The average molecular weight is 211 g/mol. The smallest absolute Gasteiger partial charge is 0.102 e. The van der Waals surface area contributed by atoms with Crippen LogP contribution in [0, 0.1) is 6.92 Å². The maximum atomic E-state index is 12.9. The fourth-order valence-corrected chi connectivity index (χ4v) is 2.18. The number of nitrogens with zero attached hydrogens (tertiary/aromatic N) is 2. The van der Waals surface area contributed by atoms with Crippen LogP contribution in [-0.4, -0.2) is 22.0 Å². The summed E-state index contributed by atoms with van der Waals surface area (Å²) in [6.07, 6.45) is 3.59. The Morgan fingerprint density at radius 2 is 2.40 bits per heavy atom. The molecule has 1 aliphatic rings. The van der Waals surface area contributed by atoms with Crippen LogP contribution in [0.1, 0.15) is 30.5 Å². The van der Waals surface area contributed by atoms with Crippen molar-refractivity contribution >= 4 is 0 Å². The van der Waals surface area contributed by atoms with Gasteiger partial charge in [-0.2, -0.15) is 5.10 Å². The van der Waals surface area contributed by atoms with Crippen molar-refractivity contribution in [2.75, 3.05) is 0 Å². The summed E-state index contributed by atoms with van der Waals surface area (Å²) >= 11 is 0. The van der Waals surface area contributed by atoms with Crippen molar-refractivity contribution in [3.05, 3.63) is 17.5 Å². The first kappa shape index (κ1) is 10.6. The fraction of sp³-hybridized carbons (Fsp3) is 0.727. The minimum absolute atomic E-state index is 0.342. The maximum absolute atomic E-state index is 12.9. The monoisotopic (exact) mass is 211 g/mol. The molecule has 1 fully saturated rings. The van der Waals surface area contributed by atoms with Crippen LogP contribution in [0.15, 0.2) is 6.20 Å². The third kappa shape index (κ3) is 2.37. The van der Waals surface area contributed by atoms with Gasteiger partial charge in [0, 0.05) is 19.6 Å². The molecule has 1 aromatic rings. The number of alkyl halides is 1. The van der Waals surface area contributed by atoms with Crippen LogP contribution in [0.25, 0.3) is 0 Å². The van der Waals surface area contributed by atoms with Crippen molar-refractivity contribution in [3.63, 3.8) is 0 Å². The summed E-state index contributed by atoms with van der Waals surface area (Å²) in [4.78, 5) is 0. The molecule has 2 atom stereocenters. The van der Waals surface area contributed by atoms with Gasteiger partial charge in [-0.05, 0) is 31.7 Å². The highest BCUT2D eigenvalue weighted by molar-refractivity contribution is 5.15. The molecule has 4 heteroatoms. The van der Waals surface area contributed by atoms with Gasteiger partial charge in [-0.3, -0.25) is 4.68 Å². The van der Waals surface area contributed by atoms with Crippen molar-refractivity contribution in [1.82, 2.24) is 15.1 Å². The Labute approximate surface area is 89.7 Å². The number of hydrogen-bond donors (Lipinski definition) is 1. The molecular formula is C11H18FN3. The van der Waals surface area contributed by atoms with Crippen LogP contribution in [0.5, 0.6) is 0 Å². The van der Waals surface area contributed by atoms with Gasteiger partial charge in [0.05, 0.1) is 11.9 Å². The molecule has 0 aromatic carbocycles. The van der Waals surface area contributed by atoms with Crippen molar-refractivity contribution in [3.8, 4) is 0 Å².